The van der Waals surface area contributed by atoms with E-state index < -0.39 is 11.7 Å². The van der Waals surface area contributed by atoms with Crippen molar-refractivity contribution < 1.29 is 9.18 Å². The summed E-state index contributed by atoms with van der Waals surface area (Å²) < 4.78 is 13.6. The third-order valence-electron chi connectivity index (χ3n) is 3.06. The van der Waals surface area contributed by atoms with Crippen LogP contribution in [0.5, 0.6) is 0 Å². The van der Waals surface area contributed by atoms with Crippen LogP contribution in [0.15, 0.2) is 36.4 Å². The molecule has 3 rings (SSSR count). The van der Waals surface area contributed by atoms with Gasteiger partial charge in [-0.1, -0.05) is 12.1 Å². The first-order valence-corrected chi connectivity index (χ1v) is 7.09. The molecule has 2 aromatic heterocycles. The smallest absolute Gasteiger partial charge is 0.268 e. The first-order chi connectivity index (χ1) is 10.1. The lowest BCUT2D eigenvalue weighted by molar-refractivity contribution is 0.103. The molecule has 106 valence electrons. The van der Waals surface area contributed by atoms with Crippen LogP contribution in [0.3, 0.4) is 0 Å². The first kappa shape index (κ1) is 13.5. The van der Waals surface area contributed by atoms with Gasteiger partial charge in [0.15, 0.2) is 0 Å². The summed E-state index contributed by atoms with van der Waals surface area (Å²) in [7, 11) is 0. The number of carbonyl (C=O) groups excluding carboxylic acids is 1. The Balaban J connectivity index is 1.98. The van der Waals surface area contributed by atoms with Crippen molar-refractivity contribution in [3.8, 4) is 0 Å². The maximum absolute atomic E-state index is 13.6. The molecule has 0 aliphatic rings. The van der Waals surface area contributed by atoms with Crippen molar-refractivity contribution in [1.82, 2.24) is 4.98 Å². The Bertz CT molecular complexity index is 844. The lowest BCUT2D eigenvalue weighted by Gasteiger charge is -2.05. The van der Waals surface area contributed by atoms with E-state index >= 15 is 0 Å². The number of fused-ring (bicyclic) bond motifs is 1. The van der Waals surface area contributed by atoms with E-state index in [1.165, 1.54) is 23.5 Å². The van der Waals surface area contributed by atoms with Crippen molar-refractivity contribution in [3.63, 3.8) is 0 Å². The van der Waals surface area contributed by atoms with Crippen LogP contribution >= 0.6 is 11.3 Å². The number of anilines is 2. The fourth-order valence-corrected chi connectivity index (χ4v) is 3.03. The predicted molar refractivity (Wildman–Crippen MR) is 83.1 cm³/mol. The molecule has 6 heteroatoms. The molecule has 0 bridgehead atoms. The van der Waals surface area contributed by atoms with E-state index in [0.29, 0.717) is 15.4 Å². The zero-order valence-electron chi connectivity index (χ0n) is 11.2. The Morgan fingerprint density at radius 1 is 1.29 bits per heavy atom. The molecule has 2 heterocycles. The van der Waals surface area contributed by atoms with E-state index in [1.54, 1.807) is 12.1 Å². The van der Waals surface area contributed by atoms with E-state index in [0.717, 1.165) is 11.1 Å². The zero-order valence-corrected chi connectivity index (χ0v) is 12.0. The monoisotopic (exact) mass is 301 g/mol. The molecule has 21 heavy (non-hydrogen) atoms. The number of nitrogens with two attached hydrogens (primary N) is 1. The van der Waals surface area contributed by atoms with Gasteiger partial charge in [0.1, 0.15) is 15.5 Å². The second-order valence-corrected chi connectivity index (χ2v) is 5.58. The van der Waals surface area contributed by atoms with Gasteiger partial charge in [-0.15, -0.1) is 11.3 Å². The third kappa shape index (κ3) is 2.45. The number of hydrogen-bond acceptors (Lipinski definition) is 4. The molecular weight excluding hydrogens is 289 g/mol. The van der Waals surface area contributed by atoms with Gasteiger partial charge in [0.2, 0.25) is 0 Å². The highest BCUT2D eigenvalue weighted by Crippen LogP contribution is 2.33. The summed E-state index contributed by atoms with van der Waals surface area (Å²) in [6.45, 7) is 1.87. The SMILES string of the molecule is Cc1ccc2c(N)c(C(=O)Nc3ccccc3F)sc2n1. The van der Waals surface area contributed by atoms with Crippen LogP contribution in [0.2, 0.25) is 0 Å². The molecule has 1 aromatic carbocycles. The first-order valence-electron chi connectivity index (χ1n) is 6.28. The van der Waals surface area contributed by atoms with Crippen molar-refractivity contribution in [1.29, 1.82) is 0 Å². The van der Waals surface area contributed by atoms with Crippen LogP contribution < -0.4 is 11.1 Å². The Hall–Kier alpha value is -2.47. The number of halogens is 1. The largest absolute Gasteiger partial charge is 0.397 e. The fourth-order valence-electron chi connectivity index (χ4n) is 2.00. The van der Waals surface area contributed by atoms with Crippen molar-refractivity contribution in [3.05, 3.63) is 52.8 Å². The van der Waals surface area contributed by atoms with E-state index in [1.807, 2.05) is 19.1 Å². The number of aromatic nitrogens is 1. The van der Waals surface area contributed by atoms with Gasteiger partial charge in [-0.3, -0.25) is 4.79 Å². The maximum Gasteiger partial charge on any atom is 0.268 e. The zero-order chi connectivity index (χ0) is 15.0. The van der Waals surface area contributed by atoms with Crippen LogP contribution in [0, 0.1) is 12.7 Å². The lowest BCUT2D eigenvalue weighted by Crippen LogP contribution is -2.12. The van der Waals surface area contributed by atoms with Crippen molar-refractivity contribution in [2.75, 3.05) is 11.1 Å². The van der Waals surface area contributed by atoms with Gasteiger partial charge < -0.3 is 11.1 Å². The average Bonchev–Trinajstić information content (AvgIpc) is 2.78. The molecule has 4 nitrogen and oxygen atoms in total. The Morgan fingerprint density at radius 3 is 2.81 bits per heavy atom. The van der Waals surface area contributed by atoms with E-state index in [2.05, 4.69) is 10.3 Å². The van der Waals surface area contributed by atoms with Crippen LogP contribution in [-0.4, -0.2) is 10.9 Å². The van der Waals surface area contributed by atoms with E-state index in [-0.39, 0.29) is 5.69 Å². The quantitative estimate of drug-likeness (QED) is 0.760. The highest BCUT2D eigenvalue weighted by atomic mass is 32.1. The molecule has 1 amide bonds. The summed E-state index contributed by atoms with van der Waals surface area (Å²) in [5.41, 5.74) is 7.35. The number of nitrogens with zero attached hydrogens (tertiary/aromatic N) is 1. The standard InChI is InChI=1S/C15H12FN3OS/c1-8-6-7-9-12(17)13(21-15(9)18-8)14(20)19-11-5-3-2-4-10(11)16/h2-7H,17H2,1H3,(H,19,20). The minimum absolute atomic E-state index is 0.128. The number of thiophene rings is 1. The molecule has 0 saturated carbocycles. The minimum Gasteiger partial charge on any atom is -0.397 e. The molecular formula is C15H12FN3OS. The predicted octanol–water partition coefficient (Wildman–Crippen LogP) is 3.58. The number of amides is 1. The minimum atomic E-state index is -0.487. The van der Waals surface area contributed by atoms with Crippen LogP contribution in [0.25, 0.3) is 10.2 Å². The number of carbonyl (C=O) groups is 1. The van der Waals surface area contributed by atoms with Gasteiger partial charge in [0.05, 0.1) is 11.4 Å². The highest BCUT2D eigenvalue weighted by molar-refractivity contribution is 7.21. The summed E-state index contributed by atoms with van der Waals surface area (Å²) in [6, 6.07) is 9.67. The lowest BCUT2D eigenvalue weighted by atomic mass is 10.2. The molecule has 0 saturated heterocycles. The molecule has 3 aromatic rings. The van der Waals surface area contributed by atoms with Gasteiger partial charge in [-0.05, 0) is 31.2 Å². The number of benzene rings is 1. The number of nitrogen functional groups attached to an aromatic ring is 1. The molecule has 3 N–H and O–H groups in total. The average molecular weight is 301 g/mol. The normalized spacial score (nSPS) is 10.8. The van der Waals surface area contributed by atoms with Gasteiger partial charge in [-0.25, -0.2) is 9.37 Å². The van der Waals surface area contributed by atoms with Gasteiger partial charge in [0.25, 0.3) is 5.91 Å². The number of nitrogens with one attached hydrogen (secondary N) is 1. The van der Waals surface area contributed by atoms with E-state index in [4.69, 9.17) is 5.73 Å². The van der Waals surface area contributed by atoms with Gasteiger partial charge in [-0.2, -0.15) is 0 Å². The number of rotatable bonds is 2. The Labute approximate surface area is 124 Å². The third-order valence-corrected chi connectivity index (χ3v) is 4.18. The molecule has 0 aliphatic carbocycles. The fraction of sp³-hybridized carbons (Fsp3) is 0.0667. The number of aryl methyl sites for hydroxylation is 1. The maximum atomic E-state index is 13.6. The highest BCUT2D eigenvalue weighted by Gasteiger charge is 2.18. The summed E-state index contributed by atoms with van der Waals surface area (Å²) in [5, 5.41) is 3.27. The Kier molecular flexibility index (Phi) is 3.31. The summed E-state index contributed by atoms with van der Waals surface area (Å²) >= 11 is 1.20. The summed E-state index contributed by atoms with van der Waals surface area (Å²) in [6.07, 6.45) is 0. The number of para-hydroxylation sites is 1. The molecule has 0 aliphatic heterocycles. The second kappa shape index (κ2) is 5.14. The van der Waals surface area contributed by atoms with Gasteiger partial charge >= 0.3 is 0 Å². The molecule has 0 fully saturated rings. The summed E-state index contributed by atoms with van der Waals surface area (Å²) in [5.74, 6) is -0.919. The van der Waals surface area contributed by atoms with Crippen LogP contribution in [0.4, 0.5) is 15.8 Å². The molecule has 0 unspecified atom stereocenters. The Morgan fingerprint density at radius 2 is 2.05 bits per heavy atom. The topological polar surface area (TPSA) is 68.0 Å². The number of hydrogen-bond donors (Lipinski definition) is 2. The molecule has 0 atom stereocenters. The number of pyridine rings is 1. The van der Waals surface area contributed by atoms with E-state index in [9.17, 15) is 9.18 Å². The molecule has 0 spiro atoms. The summed E-state index contributed by atoms with van der Waals surface area (Å²) in [4.78, 5) is 17.7. The van der Waals surface area contributed by atoms with Crippen LogP contribution in [0.1, 0.15) is 15.4 Å². The van der Waals surface area contributed by atoms with Crippen molar-refractivity contribution >= 4 is 38.8 Å². The second-order valence-electron chi connectivity index (χ2n) is 4.58. The molecule has 0 radical (unpaired) electrons. The van der Waals surface area contributed by atoms with Crippen molar-refractivity contribution in [2.24, 2.45) is 0 Å². The van der Waals surface area contributed by atoms with Gasteiger partial charge in [0, 0.05) is 11.1 Å². The van der Waals surface area contributed by atoms with Crippen molar-refractivity contribution in [2.45, 2.75) is 6.92 Å². The van der Waals surface area contributed by atoms with Crippen LogP contribution in [-0.2, 0) is 0 Å².